The number of amides is 2. The van der Waals surface area contributed by atoms with Crippen molar-refractivity contribution in [1.29, 1.82) is 0 Å². The molecule has 0 bridgehead atoms. The van der Waals surface area contributed by atoms with E-state index in [0.717, 1.165) is 24.0 Å². The monoisotopic (exact) mass is 429 g/mol. The Morgan fingerprint density at radius 3 is 2.37 bits per heavy atom. The van der Waals surface area contributed by atoms with Gasteiger partial charge in [0, 0.05) is 37.3 Å². The normalized spacial score (nSPS) is 16.8. The minimum atomic E-state index is -3.71. The van der Waals surface area contributed by atoms with Gasteiger partial charge >= 0.3 is 0 Å². The van der Waals surface area contributed by atoms with Crippen LogP contribution >= 0.6 is 0 Å². The van der Waals surface area contributed by atoms with Crippen LogP contribution in [-0.2, 0) is 14.8 Å². The van der Waals surface area contributed by atoms with Gasteiger partial charge in [0.1, 0.15) is 0 Å². The third kappa shape index (κ3) is 5.18. The van der Waals surface area contributed by atoms with Crippen LogP contribution in [-0.4, -0.2) is 44.3 Å². The first-order valence-electron chi connectivity index (χ1n) is 9.92. The highest BCUT2D eigenvalue weighted by atomic mass is 32.2. The number of carbonyl (C=O) groups excluding carboxylic acids is 2. The van der Waals surface area contributed by atoms with Crippen molar-refractivity contribution in [1.82, 2.24) is 10.2 Å². The zero-order chi connectivity index (χ0) is 21.9. The third-order valence-corrected chi connectivity index (χ3v) is 6.67. The van der Waals surface area contributed by atoms with Gasteiger partial charge in [-0.15, -0.1) is 0 Å². The standard InChI is InChI=1S/C22H27N3O4S/c1-15-6-11-21(13-16(15)2)30(28,29)24-19-9-7-18(8-10-19)22(27)25-12-4-5-20(14-25)23-17(3)26/h6-11,13,20,24H,4-5,12,14H2,1-3H3,(H,23,26). The highest BCUT2D eigenvalue weighted by molar-refractivity contribution is 7.92. The van der Waals surface area contributed by atoms with Crippen molar-refractivity contribution in [2.45, 2.75) is 44.6 Å². The lowest BCUT2D eigenvalue weighted by molar-refractivity contribution is -0.120. The third-order valence-electron chi connectivity index (χ3n) is 5.29. The number of sulfonamides is 1. The molecule has 8 heteroatoms. The Labute approximate surface area is 177 Å². The van der Waals surface area contributed by atoms with E-state index >= 15 is 0 Å². The van der Waals surface area contributed by atoms with Gasteiger partial charge in [0.2, 0.25) is 5.91 Å². The molecule has 1 fully saturated rings. The molecule has 160 valence electrons. The molecule has 0 saturated carbocycles. The van der Waals surface area contributed by atoms with E-state index in [4.69, 9.17) is 0 Å². The zero-order valence-corrected chi connectivity index (χ0v) is 18.3. The molecule has 3 rings (SSSR count). The Morgan fingerprint density at radius 1 is 1.03 bits per heavy atom. The fourth-order valence-electron chi connectivity index (χ4n) is 3.53. The van der Waals surface area contributed by atoms with Gasteiger partial charge in [-0.2, -0.15) is 0 Å². The molecule has 1 saturated heterocycles. The molecule has 0 radical (unpaired) electrons. The highest BCUT2D eigenvalue weighted by Gasteiger charge is 2.25. The van der Waals surface area contributed by atoms with Crippen LogP contribution in [0.5, 0.6) is 0 Å². The lowest BCUT2D eigenvalue weighted by Crippen LogP contribution is -2.49. The summed E-state index contributed by atoms with van der Waals surface area (Å²) in [6, 6.07) is 11.3. The predicted molar refractivity (Wildman–Crippen MR) is 116 cm³/mol. The second-order valence-electron chi connectivity index (χ2n) is 7.72. The van der Waals surface area contributed by atoms with Crippen LogP contribution in [0.1, 0.15) is 41.3 Å². The first-order valence-corrected chi connectivity index (χ1v) is 11.4. The Balaban J connectivity index is 1.69. The first-order chi connectivity index (χ1) is 14.2. The summed E-state index contributed by atoms with van der Waals surface area (Å²) in [7, 11) is -3.71. The molecule has 7 nitrogen and oxygen atoms in total. The molecule has 1 aliphatic rings. The minimum Gasteiger partial charge on any atom is -0.352 e. The molecule has 2 aromatic rings. The van der Waals surface area contributed by atoms with Gasteiger partial charge in [0.25, 0.3) is 15.9 Å². The lowest BCUT2D eigenvalue weighted by Gasteiger charge is -2.33. The number of nitrogens with one attached hydrogen (secondary N) is 2. The van der Waals surface area contributed by atoms with Crippen LogP contribution in [0.25, 0.3) is 0 Å². The second kappa shape index (κ2) is 8.87. The summed E-state index contributed by atoms with van der Waals surface area (Å²) in [5.74, 6) is -0.233. The van der Waals surface area contributed by atoms with Crippen molar-refractivity contribution < 1.29 is 18.0 Å². The smallest absolute Gasteiger partial charge is 0.261 e. The maximum absolute atomic E-state index is 12.8. The Bertz CT molecular complexity index is 1050. The van der Waals surface area contributed by atoms with E-state index in [1.54, 1.807) is 47.4 Å². The van der Waals surface area contributed by atoms with Crippen molar-refractivity contribution in [3.63, 3.8) is 0 Å². The second-order valence-corrected chi connectivity index (χ2v) is 9.40. The van der Waals surface area contributed by atoms with Crippen molar-refractivity contribution in [2.75, 3.05) is 17.8 Å². The largest absolute Gasteiger partial charge is 0.352 e. The topological polar surface area (TPSA) is 95.6 Å². The van der Waals surface area contributed by atoms with E-state index in [1.807, 2.05) is 13.8 Å². The summed E-state index contributed by atoms with van der Waals surface area (Å²) >= 11 is 0. The Hall–Kier alpha value is -2.87. The number of aryl methyl sites for hydroxylation is 2. The van der Waals surface area contributed by atoms with Crippen LogP contribution < -0.4 is 10.0 Å². The average Bonchev–Trinajstić information content (AvgIpc) is 2.69. The molecular formula is C22H27N3O4S. The number of anilines is 1. The zero-order valence-electron chi connectivity index (χ0n) is 17.4. The SMILES string of the molecule is CC(=O)NC1CCCN(C(=O)c2ccc(NS(=O)(=O)c3ccc(C)c(C)c3)cc2)C1. The predicted octanol–water partition coefficient (Wildman–Crippen LogP) is 2.84. The van der Waals surface area contributed by atoms with E-state index in [0.29, 0.717) is 24.3 Å². The molecule has 0 spiro atoms. The quantitative estimate of drug-likeness (QED) is 0.764. The van der Waals surface area contributed by atoms with Gasteiger partial charge in [0.05, 0.1) is 4.90 Å². The van der Waals surface area contributed by atoms with Crippen molar-refractivity contribution in [3.8, 4) is 0 Å². The average molecular weight is 430 g/mol. The van der Waals surface area contributed by atoms with E-state index in [9.17, 15) is 18.0 Å². The lowest BCUT2D eigenvalue weighted by atomic mass is 10.0. The molecule has 1 unspecified atom stereocenters. The van der Waals surface area contributed by atoms with Crippen molar-refractivity contribution in [3.05, 3.63) is 59.2 Å². The van der Waals surface area contributed by atoms with Crippen LogP contribution in [0.2, 0.25) is 0 Å². The van der Waals surface area contributed by atoms with Crippen LogP contribution in [0, 0.1) is 13.8 Å². The molecule has 0 aromatic heterocycles. The summed E-state index contributed by atoms with van der Waals surface area (Å²) < 4.78 is 27.8. The molecule has 2 aromatic carbocycles. The number of benzene rings is 2. The van der Waals surface area contributed by atoms with E-state index in [2.05, 4.69) is 10.0 Å². The number of rotatable bonds is 5. The number of piperidine rings is 1. The van der Waals surface area contributed by atoms with Gasteiger partial charge in [0.15, 0.2) is 0 Å². The van der Waals surface area contributed by atoms with E-state index < -0.39 is 10.0 Å². The number of carbonyl (C=O) groups is 2. The summed E-state index contributed by atoms with van der Waals surface area (Å²) in [6.45, 7) is 6.37. The molecular weight excluding hydrogens is 402 g/mol. The summed E-state index contributed by atoms with van der Waals surface area (Å²) in [6.07, 6.45) is 1.67. The van der Waals surface area contributed by atoms with Gasteiger partial charge in [-0.05, 0) is 74.2 Å². The van der Waals surface area contributed by atoms with E-state index in [1.165, 1.54) is 6.92 Å². The maximum atomic E-state index is 12.8. The fraction of sp³-hybridized carbons (Fsp3) is 0.364. The Kier molecular flexibility index (Phi) is 6.45. The molecule has 2 N–H and O–H groups in total. The summed E-state index contributed by atoms with van der Waals surface area (Å²) in [5, 5.41) is 2.87. The number of hydrogen-bond acceptors (Lipinski definition) is 4. The molecule has 1 heterocycles. The minimum absolute atomic E-state index is 0.0377. The highest BCUT2D eigenvalue weighted by Crippen LogP contribution is 2.20. The van der Waals surface area contributed by atoms with Gasteiger partial charge in [-0.1, -0.05) is 6.07 Å². The van der Waals surface area contributed by atoms with E-state index in [-0.39, 0.29) is 22.8 Å². The van der Waals surface area contributed by atoms with Gasteiger partial charge in [-0.3, -0.25) is 14.3 Å². The number of nitrogens with zero attached hydrogens (tertiary/aromatic N) is 1. The van der Waals surface area contributed by atoms with Gasteiger partial charge in [-0.25, -0.2) is 8.42 Å². The molecule has 30 heavy (non-hydrogen) atoms. The maximum Gasteiger partial charge on any atom is 0.261 e. The molecule has 1 atom stereocenters. The molecule has 2 amide bonds. The summed E-state index contributed by atoms with van der Waals surface area (Å²) in [4.78, 5) is 26.0. The molecule has 0 aliphatic carbocycles. The van der Waals surface area contributed by atoms with Crippen molar-refractivity contribution in [2.24, 2.45) is 0 Å². The van der Waals surface area contributed by atoms with Crippen molar-refractivity contribution >= 4 is 27.5 Å². The fourth-order valence-corrected chi connectivity index (χ4v) is 4.67. The molecule has 1 aliphatic heterocycles. The Morgan fingerprint density at radius 2 is 1.73 bits per heavy atom. The van der Waals surface area contributed by atoms with Crippen LogP contribution in [0.4, 0.5) is 5.69 Å². The van der Waals surface area contributed by atoms with Crippen LogP contribution in [0.3, 0.4) is 0 Å². The van der Waals surface area contributed by atoms with Crippen LogP contribution in [0.15, 0.2) is 47.4 Å². The number of likely N-dealkylation sites (tertiary alicyclic amines) is 1. The first kappa shape index (κ1) is 21.8. The number of hydrogen-bond donors (Lipinski definition) is 2. The van der Waals surface area contributed by atoms with Gasteiger partial charge < -0.3 is 10.2 Å². The summed E-state index contributed by atoms with van der Waals surface area (Å²) in [5.41, 5.74) is 2.79.